The number of hydrogen-bond acceptors (Lipinski definition) is 2. The van der Waals surface area contributed by atoms with Gasteiger partial charge in [0.25, 0.3) is 0 Å². The van der Waals surface area contributed by atoms with E-state index in [1.165, 1.54) is 37.7 Å². The standard InChI is InChI=1S/C23H21NOS2/c1-4-17-14-23(18(13-15(17)2)24-16(3)25)27-21-11-7-5-9-19(21)26-20-10-6-8-12-22(20)27/h5-14H,4H2,1-3H3. The van der Waals surface area contributed by atoms with Gasteiger partial charge in [0.2, 0.25) is 5.91 Å². The van der Waals surface area contributed by atoms with Crippen LogP contribution in [0.15, 0.2) is 96.4 Å². The summed E-state index contributed by atoms with van der Waals surface area (Å²) in [5, 5.41) is 0. The van der Waals surface area contributed by atoms with Gasteiger partial charge in [-0.1, -0.05) is 43.0 Å². The van der Waals surface area contributed by atoms with Crippen molar-refractivity contribution in [1.82, 2.24) is 0 Å². The lowest BCUT2D eigenvalue weighted by atomic mass is 9.96. The summed E-state index contributed by atoms with van der Waals surface area (Å²) < 4.78 is 0. The predicted octanol–water partition coefficient (Wildman–Crippen LogP) is 6.29. The second kappa shape index (κ2) is 7.45. The van der Waals surface area contributed by atoms with Crippen molar-refractivity contribution in [3.05, 3.63) is 71.8 Å². The van der Waals surface area contributed by atoms with Crippen molar-refractivity contribution < 1.29 is 4.79 Å². The zero-order valence-corrected chi connectivity index (χ0v) is 17.3. The average molecular weight is 392 g/mol. The summed E-state index contributed by atoms with van der Waals surface area (Å²) in [4.78, 5) is 22.6. The van der Waals surface area contributed by atoms with Gasteiger partial charge in [-0.25, -0.2) is 4.99 Å². The molecule has 136 valence electrons. The van der Waals surface area contributed by atoms with Crippen molar-refractivity contribution in [2.45, 2.75) is 46.8 Å². The van der Waals surface area contributed by atoms with Crippen LogP contribution in [0.3, 0.4) is 0 Å². The molecule has 0 atom stereocenters. The van der Waals surface area contributed by atoms with E-state index in [0.717, 1.165) is 17.0 Å². The normalized spacial score (nSPS) is 17.9. The molecule has 2 nitrogen and oxygen atoms in total. The molecule has 27 heavy (non-hydrogen) atoms. The summed E-state index contributed by atoms with van der Waals surface area (Å²) in [6, 6.07) is 17.2. The highest BCUT2D eigenvalue weighted by molar-refractivity contribution is 8.18. The van der Waals surface area contributed by atoms with Crippen LogP contribution in [-0.4, -0.2) is 16.5 Å². The lowest BCUT2D eigenvalue weighted by molar-refractivity contribution is -0.115. The number of rotatable bonds is 1. The van der Waals surface area contributed by atoms with Crippen molar-refractivity contribution in [1.29, 1.82) is 0 Å². The number of allylic oxidation sites excluding steroid dienone is 4. The van der Waals surface area contributed by atoms with Gasteiger partial charge in [-0.2, -0.15) is 0 Å². The van der Waals surface area contributed by atoms with E-state index in [-0.39, 0.29) is 16.4 Å². The monoisotopic (exact) mass is 391 g/mol. The second-order valence-electron chi connectivity index (χ2n) is 6.53. The quantitative estimate of drug-likeness (QED) is 0.456. The van der Waals surface area contributed by atoms with Crippen molar-refractivity contribution >= 4 is 38.7 Å². The number of fused-ring (bicyclic) bond motifs is 2. The van der Waals surface area contributed by atoms with Crippen LogP contribution in [0.5, 0.6) is 0 Å². The van der Waals surface area contributed by atoms with Gasteiger partial charge >= 0.3 is 0 Å². The first kappa shape index (κ1) is 18.2. The molecule has 0 saturated carbocycles. The van der Waals surface area contributed by atoms with Gasteiger partial charge in [-0.15, -0.1) is 10.5 Å². The number of nitrogens with zero attached hydrogens (tertiary/aromatic N) is 1. The van der Waals surface area contributed by atoms with Gasteiger partial charge in [0, 0.05) is 31.4 Å². The molecule has 0 radical (unpaired) electrons. The SMILES string of the molecule is CCC1=CC(=S2c3ccccc3Sc3ccccc32)C(=NC(C)=O)C=C1C. The molecule has 1 amide bonds. The topological polar surface area (TPSA) is 29.4 Å². The van der Waals surface area contributed by atoms with E-state index in [4.69, 9.17) is 0 Å². The summed E-state index contributed by atoms with van der Waals surface area (Å²) in [7, 11) is -0.273. The molecule has 0 N–H and O–H groups in total. The Hall–Kier alpha value is -2.17. The van der Waals surface area contributed by atoms with Crippen molar-refractivity contribution in [3.63, 3.8) is 0 Å². The van der Waals surface area contributed by atoms with Crippen LogP contribution in [0.4, 0.5) is 0 Å². The third-order valence-corrected chi connectivity index (χ3v) is 8.42. The Morgan fingerprint density at radius 1 is 1.00 bits per heavy atom. The van der Waals surface area contributed by atoms with Crippen LogP contribution in [0.1, 0.15) is 27.2 Å². The molecule has 0 spiro atoms. The van der Waals surface area contributed by atoms with E-state index >= 15 is 0 Å². The molecule has 1 heterocycles. The van der Waals surface area contributed by atoms with Gasteiger partial charge in [-0.05, 0) is 60.9 Å². The van der Waals surface area contributed by atoms with Crippen LogP contribution in [-0.2, 0) is 4.79 Å². The first-order valence-corrected chi connectivity index (χ1v) is 11.1. The lowest BCUT2D eigenvalue weighted by Gasteiger charge is -2.27. The Morgan fingerprint density at radius 2 is 1.59 bits per heavy atom. The summed E-state index contributed by atoms with van der Waals surface area (Å²) in [6.07, 6.45) is 5.31. The molecule has 1 aliphatic heterocycles. The van der Waals surface area contributed by atoms with Gasteiger partial charge in [0.15, 0.2) is 0 Å². The highest BCUT2D eigenvalue weighted by atomic mass is 32.2. The number of hydrogen-bond donors (Lipinski definition) is 0. The number of carbonyl (C=O) groups is 1. The summed E-state index contributed by atoms with van der Waals surface area (Å²) in [6.45, 7) is 5.80. The molecule has 4 heteroatoms. The first-order chi connectivity index (χ1) is 13.1. The van der Waals surface area contributed by atoms with Crippen molar-refractivity contribution in [2.24, 2.45) is 4.99 Å². The molecular weight excluding hydrogens is 370 g/mol. The largest absolute Gasteiger partial charge is 0.273 e. The fraction of sp³-hybridized carbons (Fsp3) is 0.174. The Kier molecular flexibility index (Phi) is 5.02. The zero-order chi connectivity index (χ0) is 19.0. The molecule has 1 aliphatic carbocycles. The fourth-order valence-electron chi connectivity index (χ4n) is 3.40. The molecule has 4 rings (SSSR count). The summed E-state index contributed by atoms with van der Waals surface area (Å²) in [5.74, 6) is -0.156. The summed E-state index contributed by atoms with van der Waals surface area (Å²) >= 11 is 1.82. The molecule has 0 bridgehead atoms. The maximum atomic E-state index is 11.8. The van der Waals surface area contributed by atoms with Crippen molar-refractivity contribution in [2.75, 3.05) is 0 Å². The number of aliphatic imine (C=N–C) groups is 1. The Balaban J connectivity index is 2.09. The van der Waals surface area contributed by atoms with Gasteiger partial charge in [-0.3, -0.25) is 4.79 Å². The second-order valence-corrected chi connectivity index (χ2v) is 9.55. The van der Waals surface area contributed by atoms with Gasteiger partial charge in [0.05, 0.1) is 5.71 Å². The maximum absolute atomic E-state index is 11.8. The van der Waals surface area contributed by atoms with Crippen LogP contribution < -0.4 is 0 Å². The Morgan fingerprint density at radius 3 is 2.15 bits per heavy atom. The maximum Gasteiger partial charge on any atom is 0.243 e. The minimum Gasteiger partial charge on any atom is -0.273 e. The minimum atomic E-state index is -0.273. The van der Waals surface area contributed by atoms with E-state index in [9.17, 15) is 4.79 Å². The number of amides is 1. The van der Waals surface area contributed by atoms with Gasteiger partial charge < -0.3 is 0 Å². The Bertz CT molecular complexity index is 1030. The molecule has 0 aromatic heterocycles. The van der Waals surface area contributed by atoms with Crippen LogP contribution in [0.2, 0.25) is 0 Å². The third kappa shape index (κ3) is 3.40. The number of carbonyl (C=O) groups excluding carboxylic acids is 1. The molecule has 0 saturated heterocycles. The lowest BCUT2D eigenvalue weighted by Crippen LogP contribution is -2.18. The van der Waals surface area contributed by atoms with E-state index in [2.05, 4.69) is 79.5 Å². The average Bonchev–Trinajstić information content (AvgIpc) is 2.66. The first-order valence-electron chi connectivity index (χ1n) is 9.04. The highest BCUT2D eigenvalue weighted by Gasteiger charge is 2.25. The predicted molar refractivity (Wildman–Crippen MR) is 116 cm³/mol. The van der Waals surface area contributed by atoms with Crippen LogP contribution >= 0.6 is 22.2 Å². The van der Waals surface area contributed by atoms with E-state index in [1.54, 1.807) is 0 Å². The third-order valence-electron chi connectivity index (χ3n) is 4.65. The molecule has 0 fully saturated rings. The Labute approximate surface area is 167 Å². The van der Waals surface area contributed by atoms with Crippen LogP contribution in [0.25, 0.3) is 0 Å². The minimum absolute atomic E-state index is 0.156. The highest BCUT2D eigenvalue weighted by Crippen LogP contribution is 2.53. The van der Waals surface area contributed by atoms with E-state index in [1.807, 2.05) is 11.8 Å². The van der Waals surface area contributed by atoms with E-state index < -0.39 is 0 Å². The molecule has 0 unspecified atom stereocenters. The van der Waals surface area contributed by atoms with Gasteiger partial charge in [0.1, 0.15) is 0 Å². The van der Waals surface area contributed by atoms with E-state index in [0.29, 0.717) is 0 Å². The molecular formula is C23H21NOS2. The molecule has 2 aromatic carbocycles. The smallest absolute Gasteiger partial charge is 0.243 e. The van der Waals surface area contributed by atoms with Crippen molar-refractivity contribution in [3.8, 4) is 0 Å². The summed E-state index contributed by atoms with van der Waals surface area (Å²) in [5.41, 5.74) is 3.31. The zero-order valence-electron chi connectivity index (χ0n) is 15.7. The van der Waals surface area contributed by atoms with Crippen LogP contribution in [0, 0.1) is 0 Å². The fourth-order valence-corrected chi connectivity index (χ4v) is 7.27. The number of benzene rings is 2. The molecule has 2 aromatic rings. The molecule has 2 aliphatic rings.